The number of morpholine rings is 1. The number of ether oxygens (including phenoxy) is 3. The summed E-state index contributed by atoms with van der Waals surface area (Å²) >= 11 is 0. The fraction of sp³-hybridized carbons (Fsp3) is 0.350. The van der Waals surface area contributed by atoms with E-state index in [1.807, 2.05) is 18.2 Å². The molecule has 6 nitrogen and oxygen atoms in total. The maximum Gasteiger partial charge on any atom is 0.254 e. The van der Waals surface area contributed by atoms with Gasteiger partial charge >= 0.3 is 0 Å². The molecule has 1 amide bonds. The molecule has 0 aliphatic carbocycles. The van der Waals surface area contributed by atoms with Crippen LogP contribution in [0.3, 0.4) is 0 Å². The maximum atomic E-state index is 13.9. The monoisotopic (exact) mass is 373 g/mol. The summed E-state index contributed by atoms with van der Waals surface area (Å²) in [5.41, 5.74) is 1.10. The fourth-order valence-electron chi connectivity index (χ4n) is 3.55. The number of halogens is 1. The molecule has 0 bridgehead atoms. The van der Waals surface area contributed by atoms with Crippen LogP contribution in [-0.4, -0.2) is 45.5 Å². The van der Waals surface area contributed by atoms with Crippen LogP contribution >= 0.6 is 0 Å². The van der Waals surface area contributed by atoms with Gasteiger partial charge in [-0.05, 0) is 30.3 Å². The van der Waals surface area contributed by atoms with Gasteiger partial charge in [-0.2, -0.15) is 0 Å². The van der Waals surface area contributed by atoms with Crippen LogP contribution in [0.4, 0.5) is 4.39 Å². The van der Waals surface area contributed by atoms with Crippen LogP contribution < -0.4 is 19.7 Å². The highest BCUT2D eigenvalue weighted by molar-refractivity contribution is 5.94. The third kappa shape index (κ3) is 3.89. The van der Waals surface area contributed by atoms with Crippen LogP contribution in [-0.2, 0) is 4.74 Å². The van der Waals surface area contributed by atoms with Crippen molar-refractivity contribution in [1.82, 2.24) is 5.32 Å². The Balaban J connectivity index is 1.53. The normalized spacial score (nSPS) is 17.5. The summed E-state index contributed by atoms with van der Waals surface area (Å²) in [7, 11) is 0. The van der Waals surface area contributed by atoms with Crippen molar-refractivity contribution in [3.63, 3.8) is 0 Å². The summed E-state index contributed by atoms with van der Waals surface area (Å²) in [4.78, 5) is 13.8. The molecule has 2 aliphatic heterocycles. The second-order valence-corrected chi connectivity index (χ2v) is 6.63. The molecule has 0 radical (unpaired) electrons. The Kier molecular flexibility index (Phi) is 5.22. The van der Waals surface area contributed by atoms with Gasteiger partial charge in [0.25, 0.3) is 5.91 Å². The largest absolute Gasteiger partial charge is 0.454 e. The second kappa shape index (κ2) is 7.94. The van der Waals surface area contributed by atoms with Crippen LogP contribution in [0.15, 0.2) is 42.5 Å². The zero-order chi connectivity index (χ0) is 18.6. The molecule has 2 aliphatic rings. The molecule has 7 heteroatoms. The molecule has 0 spiro atoms. The number of carbonyl (C=O) groups is 1. The highest BCUT2D eigenvalue weighted by atomic mass is 19.1. The SMILES string of the molecule is O=C(NC[C@@H](c1ccc2c(c1)OCO2)[NH+]1CCOCC1)c1ccccc1F. The van der Waals surface area contributed by atoms with Gasteiger partial charge < -0.3 is 24.4 Å². The summed E-state index contributed by atoms with van der Waals surface area (Å²) in [5, 5.41) is 2.89. The molecule has 1 fully saturated rings. The number of benzene rings is 2. The Labute approximate surface area is 156 Å². The number of amides is 1. The van der Waals surface area contributed by atoms with E-state index >= 15 is 0 Å². The van der Waals surface area contributed by atoms with Crippen LogP contribution in [0.2, 0.25) is 0 Å². The number of rotatable bonds is 5. The first kappa shape index (κ1) is 17.8. The Morgan fingerprint density at radius 3 is 2.70 bits per heavy atom. The lowest BCUT2D eigenvalue weighted by Crippen LogP contribution is -3.15. The molecule has 27 heavy (non-hydrogen) atoms. The van der Waals surface area contributed by atoms with Crippen molar-refractivity contribution < 1.29 is 28.3 Å². The summed E-state index contributed by atoms with van der Waals surface area (Å²) in [6.45, 7) is 3.65. The molecule has 1 atom stereocenters. The molecule has 2 aromatic rings. The lowest BCUT2D eigenvalue weighted by atomic mass is 10.0. The minimum Gasteiger partial charge on any atom is -0.454 e. The van der Waals surface area contributed by atoms with Gasteiger partial charge in [0.1, 0.15) is 24.9 Å². The van der Waals surface area contributed by atoms with E-state index in [4.69, 9.17) is 14.2 Å². The topological polar surface area (TPSA) is 61.2 Å². The van der Waals surface area contributed by atoms with Gasteiger partial charge in [-0.25, -0.2) is 4.39 Å². The first-order chi connectivity index (χ1) is 13.2. The summed E-state index contributed by atoms with van der Waals surface area (Å²) in [6.07, 6.45) is 0. The fourth-order valence-corrected chi connectivity index (χ4v) is 3.55. The van der Waals surface area contributed by atoms with Crippen molar-refractivity contribution in [3.05, 3.63) is 59.4 Å². The molecule has 1 saturated heterocycles. The van der Waals surface area contributed by atoms with Gasteiger partial charge in [0.2, 0.25) is 6.79 Å². The smallest absolute Gasteiger partial charge is 0.254 e. The Bertz CT molecular complexity index is 823. The first-order valence-corrected chi connectivity index (χ1v) is 9.07. The lowest BCUT2D eigenvalue weighted by molar-refractivity contribution is -0.937. The molecule has 0 unspecified atom stereocenters. The highest BCUT2D eigenvalue weighted by Crippen LogP contribution is 2.33. The van der Waals surface area contributed by atoms with Gasteiger partial charge in [0.05, 0.1) is 25.3 Å². The second-order valence-electron chi connectivity index (χ2n) is 6.63. The molecule has 0 aromatic heterocycles. The third-order valence-corrected chi connectivity index (χ3v) is 5.01. The van der Waals surface area contributed by atoms with E-state index in [1.54, 1.807) is 12.1 Å². The molecule has 2 aromatic carbocycles. The van der Waals surface area contributed by atoms with Crippen molar-refractivity contribution in [3.8, 4) is 11.5 Å². The van der Waals surface area contributed by atoms with E-state index in [-0.39, 0.29) is 18.4 Å². The number of nitrogens with one attached hydrogen (secondary N) is 2. The molecular weight excluding hydrogens is 351 g/mol. The summed E-state index contributed by atoms with van der Waals surface area (Å²) in [6, 6.07) is 11.9. The van der Waals surface area contributed by atoms with Gasteiger partial charge in [0, 0.05) is 5.56 Å². The van der Waals surface area contributed by atoms with Gasteiger partial charge in [-0.1, -0.05) is 12.1 Å². The first-order valence-electron chi connectivity index (χ1n) is 9.07. The minimum absolute atomic E-state index is 0.0131. The van der Waals surface area contributed by atoms with Gasteiger partial charge in [-0.15, -0.1) is 0 Å². The minimum atomic E-state index is -0.520. The van der Waals surface area contributed by atoms with E-state index in [1.165, 1.54) is 17.0 Å². The average molecular weight is 373 g/mol. The van der Waals surface area contributed by atoms with Crippen LogP contribution in [0.25, 0.3) is 0 Å². The number of hydrogen-bond acceptors (Lipinski definition) is 4. The van der Waals surface area contributed by atoms with E-state index < -0.39 is 11.7 Å². The van der Waals surface area contributed by atoms with Crippen molar-refractivity contribution in [2.45, 2.75) is 6.04 Å². The average Bonchev–Trinajstić information content (AvgIpc) is 3.17. The van der Waals surface area contributed by atoms with E-state index in [0.717, 1.165) is 24.4 Å². The molecule has 4 rings (SSSR count). The number of quaternary nitrogens is 1. The van der Waals surface area contributed by atoms with Crippen molar-refractivity contribution in [2.75, 3.05) is 39.6 Å². The molecule has 142 valence electrons. The number of hydrogen-bond donors (Lipinski definition) is 2. The Morgan fingerprint density at radius 2 is 1.89 bits per heavy atom. The van der Waals surface area contributed by atoms with Crippen molar-refractivity contribution in [1.29, 1.82) is 0 Å². The quantitative estimate of drug-likeness (QED) is 0.819. The molecular formula is C20H22FN2O4+. The summed E-state index contributed by atoms with van der Waals surface area (Å²) < 4.78 is 30.2. The lowest BCUT2D eigenvalue weighted by Gasteiger charge is -2.32. The van der Waals surface area contributed by atoms with Gasteiger partial charge in [-0.3, -0.25) is 4.79 Å². The number of carbonyl (C=O) groups excluding carboxylic acids is 1. The maximum absolute atomic E-state index is 13.9. The number of fused-ring (bicyclic) bond motifs is 1. The Hall–Kier alpha value is -2.64. The van der Waals surface area contributed by atoms with Gasteiger partial charge in [0.15, 0.2) is 11.5 Å². The standard InChI is InChI=1S/C20H21FN2O4/c21-16-4-2-1-3-15(16)20(24)22-12-17(23-7-9-25-10-8-23)14-5-6-18-19(11-14)27-13-26-18/h1-6,11,17H,7-10,12-13H2,(H,22,24)/p+1/t17-/m0/s1. The Morgan fingerprint density at radius 1 is 1.11 bits per heavy atom. The zero-order valence-electron chi connectivity index (χ0n) is 14.9. The summed E-state index contributed by atoms with van der Waals surface area (Å²) in [5.74, 6) is 0.510. The van der Waals surface area contributed by atoms with E-state index in [2.05, 4.69) is 5.32 Å². The van der Waals surface area contributed by atoms with Crippen LogP contribution in [0.5, 0.6) is 11.5 Å². The zero-order valence-corrected chi connectivity index (χ0v) is 14.9. The third-order valence-electron chi connectivity index (χ3n) is 5.01. The molecule has 0 saturated carbocycles. The van der Waals surface area contributed by atoms with E-state index in [0.29, 0.717) is 25.5 Å². The van der Waals surface area contributed by atoms with Crippen molar-refractivity contribution in [2.24, 2.45) is 0 Å². The predicted octanol–water partition coefficient (Wildman–Crippen LogP) is 0.941. The molecule has 2 heterocycles. The van der Waals surface area contributed by atoms with E-state index in [9.17, 15) is 9.18 Å². The molecule has 2 N–H and O–H groups in total. The van der Waals surface area contributed by atoms with Crippen LogP contribution in [0.1, 0.15) is 22.0 Å². The highest BCUT2D eigenvalue weighted by Gasteiger charge is 2.29. The van der Waals surface area contributed by atoms with Crippen LogP contribution in [0, 0.1) is 5.82 Å². The van der Waals surface area contributed by atoms with Crippen molar-refractivity contribution >= 4 is 5.91 Å². The predicted molar refractivity (Wildman–Crippen MR) is 95.6 cm³/mol.